The highest BCUT2D eigenvalue weighted by Gasteiger charge is 2.70. The molecule has 302 valence electrons. The fraction of sp³-hybridized carbons (Fsp3) is 0.268. The van der Waals surface area contributed by atoms with Gasteiger partial charge in [0, 0.05) is 42.7 Å². The molecule has 2 heterocycles. The van der Waals surface area contributed by atoms with Crippen molar-refractivity contribution in [3.63, 3.8) is 0 Å². The largest absolute Gasteiger partial charge is 0.508 e. The van der Waals surface area contributed by atoms with Crippen LogP contribution in [-0.4, -0.2) is 64.8 Å². The van der Waals surface area contributed by atoms with E-state index in [4.69, 9.17) is 27.9 Å². The van der Waals surface area contributed by atoms with E-state index in [1.807, 2.05) is 0 Å². The van der Waals surface area contributed by atoms with Crippen molar-refractivity contribution in [2.24, 2.45) is 23.7 Å². The van der Waals surface area contributed by atoms with Crippen LogP contribution >= 0.6 is 23.2 Å². The second-order valence-corrected chi connectivity index (χ2v) is 15.9. The number of carbonyl (C=O) groups is 4. The number of nitro benzene ring substituents is 2. The van der Waals surface area contributed by atoms with Gasteiger partial charge in [0.05, 0.1) is 56.5 Å². The molecule has 59 heavy (non-hydrogen) atoms. The summed E-state index contributed by atoms with van der Waals surface area (Å²) in [6.07, 6.45) is 1.63. The third-order valence-electron chi connectivity index (χ3n) is 12.0. The van der Waals surface area contributed by atoms with Gasteiger partial charge in [-0.2, -0.15) is 5.01 Å². The lowest BCUT2D eigenvalue weighted by atomic mass is 9.49. The van der Waals surface area contributed by atoms with E-state index < -0.39 is 79.9 Å². The molecule has 6 atom stereocenters. The predicted molar refractivity (Wildman–Crippen MR) is 215 cm³/mol. The topological polar surface area (TPSA) is 206 Å². The summed E-state index contributed by atoms with van der Waals surface area (Å²) < 4.78 is 5.43. The summed E-state index contributed by atoms with van der Waals surface area (Å²) in [5.74, 6) is -7.87. The van der Waals surface area contributed by atoms with Crippen molar-refractivity contribution in [2.75, 3.05) is 36.4 Å². The molecule has 2 saturated heterocycles. The number of phenols is 1. The number of rotatable bonds is 9. The van der Waals surface area contributed by atoms with Gasteiger partial charge in [0.15, 0.2) is 5.69 Å². The smallest absolute Gasteiger partial charge is 0.301 e. The first-order chi connectivity index (χ1) is 28.1. The Labute approximate surface area is 345 Å². The van der Waals surface area contributed by atoms with Crippen LogP contribution in [0.4, 0.5) is 28.4 Å². The molecule has 2 aliphatic heterocycles. The fourth-order valence-corrected chi connectivity index (χ4v) is 10.1. The van der Waals surface area contributed by atoms with E-state index in [0.29, 0.717) is 21.9 Å². The van der Waals surface area contributed by atoms with Crippen LogP contribution in [0.3, 0.4) is 0 Å². The lowest BCUT2D eigenvalue weighted by Crippen LogP contribution is -2.53. The third kappa shape index (κ3) is 5.87. The number of methoxy groups -OCH3 is 1. The van der Waals surface area contributed by atoms with Crippen LogP contribution in [0.5, 0.6) is 11.5 Å². The highest BCUT2D eigenvalue weighted by atomic mass is 35.5. The van der Waals surface area contributed by atoms with Crippen LogP contribution in [0.25, 0.3) is 0 Å². The van der Waals surface area contributed by atoms with E-state index in [-0.39, 0.29) is 46.2 Å². The third-order valence-corrected chi connectivity index (χ3v) is 12.5. The zero-order valence-electron chi connectivity index (χ0n) is 31.5. The van der Waals surface area contributed by atoms with Crippen LogP contribution in [0.2, 0.25) is 10.0 Å². The number of para-hydroxylation sites is 1. The number of nitrogens with one attached hydrogen (secondary N) is 1. The fourth-order valence-electron chi connectivity index (χ4n) is 9.63. The molecule has 2 aliphatic carbocycles. The lowest BCUT2D eigenvalue weighted by Gasteiger charge is -2.50. The average molecular weight is 842 g/mol. The highest BCUT2D eigenvalue weighted by Crippen LogP contribution is 2.65. The van der Waals surface area contributed by atoms with E-state index in [1.165, 1.54) is 50.4 Å². The molecule has 3 fully saturated rings. The first kappa shape index (κ1) is 39.3. The molecule has 4 amide bonds. The average Bonchev–Trinajstić information content (AvgIpc) is 3.59. The van der Waals surface area contributed by atoms with E-state index in [1.54, 1.807) is 48.5 Å². The van der Waals surface area contributed by atoms with Gasteiger partial charge >= 0.3 is 11.4 Å². The summed E-state index contributed by atoms with van der Waals surface area (Å²) in [4.78, 5) is 84.3. The summed E-state index contributed by atoms with van der Waals surface area (Å²) in [7, 11) is 4.28. The number of nitro groups is 2. The van der Waals surface area contributed by atoms with E-state index in [0.717, 1.165) is 22.0 Å². The number of hydrazine groups is 1. The second-order valence-electron chi connectivity index (χ2n) is 15.0. The number of anilines is 3. The molecule has 0 bridgehead atoms. The molecule has 0 radical (unpaired) electrons. The molecule has 0 aromatic heterocycles. The Balaban J connectivity index is 1.31. The number of imide groups is 2. The Kier molecular flexibility index (Phi) is 9.59. The Bertz CT molecular complexity index is 2510. The summed E-state index contributed by atoms with van der Waals surface area (Å²) in [6, 6.07) is 19.5. The maximum atomic E-state index is 15.4. The monoisotopic (exact) mass is 840 g/mol. The van der Waals surface area contributed by atoms with Crippen molar-refractivity contribution >= 4 is 75.3 Å². The molecule has 0 spiro atoms. The predicted octanol–water partition coefficient (Wildman–Crippen LogP) is 6.78. The van der Waals surface area contributed by atoms with Crippen molar-refractivity contribution in [2.45, 2.75) is 24.2 Å². The summed E-state index contributed by atoms with van der Waals surface area (Å²) in [5, 5.41) is 37.4. The van der Waals surface area contributed by atoms with Gasteiger partial charge in [0.2, 0.25) is 11.8 Å². The molecule has 4 aromatic carbocycles. The van der Waals surface area contributed by atoms with Crippen molar-refractivity contribution in [1.29, 1.82) is 0 Å². The number of carbonyl (C=O) groups excluding carboxylic acids is 4. The number of ether oxygens (including phenoxy) is 1. The molecule has 16 nitrogen and oxygen atoms in total. The Hall–Kier alpha value is -6.52. The molecule has 4 aliphatic rings. The van der Waals surface area contributed by atoms with Crippen molar-refractivity contribution in [3.8, 4) is 11.5 Å². The number of amides is 4. The van der Waals surface area contributed by atoms with Crippen LogP contribution in [-0.2, 0) is 24.6 Å². The minimum atomic E-state index is -1.74. The number of fused-ring (bicyclic) bond motifs is 4. The summed E-state index contributed by atoms with van der Waals surface area (Å²) >= 11 is 12.7. The van der Waals surface area contributed by atoms with Crippen LogP contribution in [0, 0.1) is 43.9 Å². The first-order valence-electron chi connectivity index (χ1n) is 18.4. The molecule has 6 unspecified atom stereocenters. The summed E-state index contributed by atoms with van der Waals surface area (Å²) in [5.41, 5.74) is 0.564. The Morgan fingerprint density at radius 3 is 2.14 bits per heavy atom. The van der Waals surface area contributed by atoms with Gasteiger partial charge in [-0.3, -0.25) is 44.8 Å². The lowest BCUT2D eigenvalue weighted by molar-refractivity contribution is -0.392. The molecule has 1 saturated carbocycles. The molecule has 2 N–H and O–H groups in total. The highest BCUT2D eigenvalue weighted by molar-refractivity contribution is 6.36. The maximum absolute atomic E-state index is 15.4. The molecule has 4 aromatic rings. The number of aromatic hydroxyl groups is 1. The maximum Gasteiger partial charge on any atom is 0.301 e. The summed E-state index contributed by atoms with van der Waals surface area (Å²) in [6.45, 7) is 0. The van der Waals surface area contributed by atoms with E-state index >= 15 is 4.79 Å². The van der Waals surface area contributed by atoms with Gasteiger partial charge in [-0.15, -0.1) is 0 Å². The van der Waals surface area contributed by atoms with Crippen molar-refractivity contribution in [1.82, 2.24) is 5.01 Å². The Morgan fingerprint density at radius 1 is 0.881 bits per heavy atom. The number of halogens is 2. The zero-order valence-corrected chi connectivity index (χ0v) is 33.0. The van der Waals surface area contributed by atoms with Crippen molar-refractivity contribution < 1.29 is 38.9 Å². The molecule has 18 heteroatoms. The standard InChI is InChI=1S/C41H34Cl2N6O10/c1-45(2)36-31(48(55)56)17-22(18-32(36)49(57)58)46-37(51)26-14-13-24-27(34(26)39(46)53)19-28-38(52)47(44-30-15-10-21(42)16-29(30)43)40(54)41(28,20-8-11-23(59-3)12-9-20)35(24)25-6-4-5-7-33(25)50/h4-13,15-18,26-28,34-35,44,50H,14,19H2,1-3H3. The zero-order chi connectivity index (χ0) is 42.2. The number of phenolic OH excluding ortho intramolecular Hbond substituents is 1. The van der Waals surface area contributed by atoms with Gasteiger partial charge in [0.1, 0.15) is 11.5 Å². The normalized spacial score (nSPS) is 24.6. The van der Waals surface area contributed by atoms with Gasteiger partial charge in [-0.05, 0) is 60.7 Å². The Morgan fingerprint density at radius 2 is 1.54 bits per heavy atom. The number of benzene rings is 4. The molecular weight excluding hydrogens is 807 g/mol. The number of nitrogens with zero attached hydrogens (tertiary/aromatic N) is 5. The van der Waals surface area contributed by atoms with E-state index in [9.17, 15) is 39.7 Å². The van der Waals surface area contributed by atoms with Crippen LogP contribution in [0.1, 0.15) is 29.9 Å². The minimum Gasteiger partial charge on any atom is -0.508 e. The van der Waals surface area contributed by atoms with Crippen LogP contribution in [0.15, 0.2) is 90.5 Å². The first-order valence-corrected chi connectivity index (χ1v) is 19.1. The van der Waals surface area contributed by atoms with E-state index in [2.05, 4.69) is 5.43 Å². The molecule has 8 rings (SSSR count). The van der Waals surface area contributed by atoms with Gasteiger partial charge < -0.3 is 14.7 Å². The van der Waals surface area contributed by atoms with Crippen LogP contribution < -0.4 is 20.0 Å². The number of hydrogen-bond acceptors (Lipinski definition) is 12. The van der Waals surface area contributed by atoms with Crippen molar-refractivity contribution in [3.05, 3.63) is 132 Å². The molecular formula is C41H34Cl2N6O10. The van der Waals surface area contributed by atoms with Gasteiger partial charge in [-0.1, -0.05) is 65.2 Å². The number of hydrogen-bond donors (Lipinski definition) is 2. The number of allylic oxidation sites excluding steroid dienone is 2. The minimum absolute atomic E-state index is 0.0184. The second kappa shape index (κ2) is 14.4. The van der Waals surface area contributed by atoms with Gasteiger partial charge in [0.25, 0.3) is 11.8 Å². The SMILES string of the molecule is COc1ccc(C23C(=O)N(Nc4ccc(Cl)cc4Cl)C(=O)C2CC2C(=CCC4C(=O)N(c5cc([N+](=O)[O-])c(N(C)C)c([N+](=O)[O-])c5)C(=O)C42)C3c2ccccc2O)cc1. The van der Waals surface area contributed by atoms with Gasteiger partial charge in [-0.25, -0.2) is 4.90 Å². The quantitative estimate of drug-likeness (QED) is 0.0775.